The van der Waals surface area contributed by atoms with Crippen molar-refractivity contribution in [2.45, 2.75) is 20.5 Å². The van der Waals surface area contributed by atoms with Crippen LogP contribution in [0, 0.1) is 5.82 Å². The number of hydrogen-bond acceptors (Lipinski definition) is 4. The van der Waals surface area contributed by atoms with Crippen LogP contribution in [0.4, 0.5) is 15.8 Å². The second-order valence-electron chi connectivity index (χ2n) is 5.47. The van der Waals surface area contributed by atoms with Crippen molar-refractivity contribution in [1.82, 2.24) is 0 Å². The van der Waals surface area contributed by atoms with Crippen LogP contribution in [-0.4, -0.2) is 17.8 Å². The van der Waals surface area contributed by atoms with Crippen molar-refractivity contribution in [2.75, 3.05) is 10.6 Å². The number of carbonyl (C=O) groups excluding carboxylic acids is 3. The van der Waals surface area contributed by atoms with Gasteiger partial charge >= 0.3 is 5.97 Å². The number of hydrogen-bond donors (Lipinski definition) is 2. The van der Waals surface area contributed by atoms with Crippen LogP contribution in [0.1, 0.15) is 29.8 Å². The summed E-state index contributed by atoms with van der Waals surface area (Å²) in [4.78, 5) is 34.8. The quantitative estimate of drug-likeness (QED) is 0.776. The number of benzene rings is 2. The Hall–Kier alpha value is -2.93. The average Bonchev–Trinajstić information content (AvgIpc) is 2.52. The van der Waals surface area contributed by atoms with Crippen molar-refractivity contribution in [3.63, 3.8) is 0 Å². The minimum absolute atomic E-state index is 0.123. The summed E-state index contributed by atoms with van der Waals surface area (Å²) in [5.74, 6) is -1.85. The van der Waals surface area contributed by atoms with E-state index in [0.717, 1.165) is 6.07 Å². The van der Waals surface area contributed by atoms with E-state index in [-0.39, 0.29) is 29.0 Å². The fourth-order valence-electron chi connectivity index (χ4n) is 2.16. The summed E-state index contributed by atoms with van der Waals surface area (Å²) in [6.45, 7) is 2.48. The fourth-order valence-corrected chi connectivity index (χ4v) is 2.38. The number of anilines is 2. The van der Waals surface area contributed by atoms with Gasteiger partial charge in [0.2, 0.25) is 11.8 Å². The summed E-state index contributed by atoms with van der Waals surface area (Å²) in [5.41, 5.74) is 1.23. The topological polar surface area (TPSA) is 84.5 Å². The van der Waals surface area contributed by atoms with Crippen LogP contribution in [0.3, 0.4) is 0 Å². The maximum atomic E-state index is 13.0. The highest BCUT2D eigenvalue weighted by atomic mass is 35.5. The molecule has 0 heterocycles. The van der Waals surface area contributed by atoms with Gasteiger partial charge in [-0.05, 0) is 30.3 Å². The molecular formula is C18H16ClFN2O4. The number of rotatable bonds is 5. The molecule has 2 aromatic rings. The van der Waals surface area contributed by atoms with Crippen molar-refractivity contribution < 1.29 is 23.5 Å². The molecule has 0 aliphatic carbocycles. The molecule has 136 valence electrons. The van der Waals surface area contributed by atoms with Gasteiger partial charge in [0, 0.05) is 30.8 Å². The van der Waals surface area contributed by atoms with Crippen molar-refractivity contribution in [3.8, 4) is 0 Å². The molecule has 0 fully saturated rings. The molecule has 0 saturated heterocycles. The molecule has 0 aliphatic rings. The lowest BCUT2D eigenvalue weighted by molar-refractivity contribution is -0.115. The molecule has 0 aliphatic heterocycles. The number of ether oxygens (including phenoxy) is 1. The molecule has 0 aromatic heterocycles. The molecule has 0 saturated carbocycles. The summed E-state index contributed by atoms with van der Waals surface area (Å²) >= 11 is 5.90. The van der Waals surface area contributed by atoms with E-state index in [0.29, 0.717) is 16.9 Å². The predicted octanol–water partition coefficient (Wildman–Crippen LogP) is 3.75. The van der Waals surface area contributed by atoms with E-state index < -0.39 is 11.8 Å². The van der Waals surface area contributed by atoms with Crippen LogP contribution in [0.15, 0.2) is 36.4 Å². The monoisotopic (exact) mass is 378 g/mol. The fraction of sp³-hybridized carbons (Fsp3) is 0.167. The number of amides is 2. The van der Waals surface area contributed by atoms with Crippen molar-refractivity contribution in [2.24, 2.45) is 0 Å². The third-order valence-electron chi connectivity index (χ3n) is 3.18. The van der Waals surface area contributed by atoms with E-state index in [2.05, 4.69) is 10.6 Å². The molecule has 0 radical (unpaired) electrons. The van der Waals surface area contributed by atoms with Crippen molar-refractivity contribution >= 4 is 40.8 Å². The summed E-state index contributed by atoms with van der Waals surface area (Å²) in [7, 11) is 0. The molecule has 0 bridgehead atoms. The minimum atomic E-state index is -0.691. The van der Waals surface area contributed by atoms with E-state index in [4.69, 9.17) is 16.3 Å². The number of nitrogens with one attached hydrogen (secondary N) is 2. The van der Waals surface area contributed by atoms with Crippen LogP contribution < -0.4 is 10.6 Å². The van der Waals surface area contributed by atoms with Gasteiger partial charge in [0.25, 0.3) is 0 Å². The number of esters is 1. The maximum absolute atomic E-state index is 13.0. The predicted molar refractivity (Wildman–Crippen MR) is 95.6 cm³/mol. The lowest BCUT2D eigenvalue weighted by atomic mass is 10.1. The van der Waals surface area contributed by atoms with E-state index in [1.54, 1.807) is 0 Å². The first-order chi connectivity index (χ1) is 12.2. The highest BCUT2D eigenvalue weighted by Crippen LogP contribution is 2.22. The highest BCUT2D eigenvalue weighted by Gasteiger charge is 2.13. The minimum Gasteiger partial charge on any atom is -0.457 e. The lowest BCUT2D eigenvalue weighted by Gasteiger charge is -2.11. The van der Waals surface area contributed by atoms with Crippen molar-refractivity contribution in [1.29, 1.82) is 0 Å². The van der Waals surface area contributed by atoms with E-state index in [1.165, 1.54) is 44.2 Å². The van der Waals surface area contributed by atoms with E-state index in [1.807, 2.05) is 0 Å². The number of halogens is 2. The normalized spacial score (nSPS) is 10.2. The Labute approximate surface area is 154 Å². The molecule has 8 heteroatoms. The van der Waals surface area contributed by atoms with E-state index in [9.17, 15) is 18.8 Å². The van der Waals surface area contributed by atoms with Gasteiger partial charge in [-0.15, -0.1) is 0 Å². The molecule has 0 atom stereocenters. The van der Waals surface area contributed by atoms with Gasteiger partial charge in [-0.1, -0.05) is 17.7 Å². The standard InChI is InChI=1S/C18H16ClFN2O4/c1-10(23)21-15-5-13(6-16(8-15)22-11(2)24)18(25)26-9-12-3-4-14(20)7-17(12)19/h3-8H,9H2,1-2H3,(H,21,23)(H,22,24). The zero-order valence-electron chi connectivity index (χ0n) is 14.1. The third kappa shape index (κ3) is 5.56. The van der Waals surface area contributed by atoms with Gasteiger partial charge in [0.1, 0.15) is 12.4 Å². The molecule has 2 rings (SSSR count). The molecule has 2 aromatic carbocycles. The van der Waals surface area contributed by atoms with Crippen LogP contribution in [0.5, 0.6) is 0 Å². The zero-order chi connectivity index (χ0) is 19.3. The van der Waals surface area contributed by atoms with Crippen LogP contribution in [0.25, 0.3) is 0 Å². The van der Waals surface area contributed by atoms with E-state index >= 15 is 0 Å². The first-order valence-electron chi connectivity index (χ1n) is 7.56. The molecule has 0 unspecified atom stereocenters. The Bertz CT molecular complexity index is 836. The van der Waals surface area contributed by atoms with Gasteiger partial charge in [-0.3, -0.25) is 9.59 Å². The summed E-state index contributed by atoms with van der Waals surface area (Å²) in [6.07, 6.45) is 0. The Morgan fingerprint density at radius 3 is 2.08 bits per heavy atom. The van der Waals surface area contributed by atoms with Gasteiger partial charge in [0.15, 0.2) is 0 Å². The highest BCUT2D eigenvalue weighted by molar-refractivity contribution is 6.31. The van der Waals surface area contributed by atoms with Crippen LogP contribution >= 0.6 is 11.6 Å². The summed E-state index contributed by atoms with van der Waals surface area (Å²) in [6, 6.07) is 8.10. The Balaban J connectivity index is 2.20. The Morgan fingerprint density at radius 2 is 1.58 bits per heavy atom. The second-order valence-corrected chi connectivity index (χ2v) is 5.88. The third-order valence-corrected chi connectivity index (χ3v) is 3.54. The SMILES string of the molecule is CC(=O)Nc1cc(NC(C)=O)cc(C(=O)OCc2ccc(F)cc2Cl)c1. The van der Waals surface area contributed by atoms with Gasteiger partial charge < -0.3 is 15.4 Å². The Morgan fingerprint density at radius 1 is 1.00 bits per heavy atom. The lowest BCUT2D eigenvalue weighted by Crippen LogP contribution is -2.12. The number of carbonyl (C=O) groups is 3. The van der Waals surface area contributed by atoms with Crippen LogP contribution in [-0.2, 0) is 20.9 Å². The molecule has 6 nitrogen and oxygen atoms in total. The zero-order valence-corrected chi connectivity index (χ0v) is 14.8. The second kappa shape index (κ2) is 8.44. The summed E-state index contributed by atoms with van der Waals surface area (Å²) in [5, 5.41) is 5.23. The Kier molecular flexibility index (Phi) is 6.30. The van der Waals surface area contributed by atoms with Gasteiger partial charge in [0.05, 0.1) is 10.6 Å². The molecular weight excluding hydrogens is 363 g/mol. The average molecular weight is 379 g/mol. The van der Waals surface area contributed by atoms with Crippen molar-refractivity contribution in [3.05, 3.63) is 58.4 Å². The van der Waals surface area contributed by atoms with Gasteiger partial charge in [-0.2, -0.15) is 0 Å². The molecule has 2 amide bonds. The maximum Gasteiger partial charge on any atom is 0.338 e. The largest absolute Gasteiger partial charge is 0.457 e. The first-order valence-corrected chi connectivity index (χ1v) is 7.93. The van der Waals surface area contributed by atoms with Gasteiger partial charge in [-0.25, -0.2) is 9.18 Å². The molecule has 26 heavy (non-hydrogen) atoms. The first kappa shape index (κ1) is 19.4. The molecule has 2 N–H and O–H groups in total. The summed E-state index contributed by atoms with van der Waals surface area (Å²) < 4.78 is 18.2. The van der Waals surface area contributed by atoms with Crippen LogP contribution in [0.2, 0.25) is 5.02 Å². The molecule has 0 spiro atoms. The smallest absolute Gasteiger partial charge is 0.338 e.